The van der Waals surface area contributed by atoms with Crippen LogP contribution in [0.1, 0.15) is 12.8 Å². The molecule has 1 N–H and O–H groups in total. The molecule has 0 saturated heterocycles. The molecule has 10 nitrogen and oxygen atoms in total. The number of hydrogen-bond acceptors (Lipinski definition) is 7. The summed E-state index contributed by atoms with van der Waals surface area (Å²) in [4.78, 5) is 12.4. The lowest BCUT2D eigenvalue weighted by molar-refractivity contribution is -0.116. The van der Waals surface area contributed by atoms with Gasteiger partial charge in [-0.3, -0.25) is 13.4 Å². The molecular formula is C20H25N3O7S2. The van der Waals surface area contributed by atoms with E-state index in [1.54, 1.807) is 42.5 Å². The van der Waals surface area contributed by atoms with Gasteiger partial charge in [0.25, 0.3) is 0 Å². The molecule has 1 amide bonds. The second-order valence-electron chi connectivity index (χ2n) is 7.31. The number of ether oxygens (including phenoxy) is 2. The second-order valence-corrected chi connectivity index (χ2v) is 11.2. The summed E-state index contributed by atoms with van der Waals surface area (Å²) in [5.41, 5.74) is 1.28. The van der Waals surface area contributed by atoms with Crippen LogP contribution in [-0.4, -0.2) is 55.6 Å². The van der Waals surface area contributed by atoms with Crippen LogP contribution in [0.2, 0.25) is 0 Å². The van der Waals surface area contributed by atoms with E-state index in [1.165, 1.54) is 11.4 Å². The highest BCUT2D eigenvalue weighted by atomic mass is 32.2. The van der Waals surface area contributed by atoms with Crippen LogP contribution >= 0.6 is 0 Å². The summed E-state index contributed by atoms with van der Waals surface area (Å²) >= 11 is 0. The van der Waals surface area contributed by atoms with Gasteiger partial charge in [-0.05, 0) is 36.8 Å². The highest BCUT2D eigenvalue weighted by molar-refractivity contribution is 7.92. The molecule has 32 heavy (non-hydrogen) atoms. The Morgan fingerprint density at radius 3 is 2.38 bits per heavy atom. The van der Waals surface area contributed by atoms with Crippen LogP contribution in [0.4, 0.5) is 17.1 Å². The normalized spacial score (nSPS) is 13.0. The lowest BCUT2D eigenvalue weighted by Gasteiger charge is -2.22. The molecule has 174 valence electrons. The summed E-state index contributed by atoms with van der Waals surface area (Å²) in [7, 11) is -5.58. The number of anilines is 3. The number of rotatable bonds is 9. The molecule has 12 heteroatoms. The van der Waals surface area contributed by atoms with Crippen LogP contribution in [0, 0.1) is 0 Å². The fourth-order valence-electron chi connectivity index (χ4n) is 3.10. The topological polar surface area (TPSA) is 122 Å². The predicted octanol–water partition coefficient (Wildman–Crippen LogP) is 2.00. The Kier molecular flexibility index (Phi) is 6.84. The Balaban J connectivity index is 1.62. The van der Waals surface area contributed by atoms with E-state index in [0.717, 1.165) is 16.8 Å². The Morgan fingerprint density at radius 2 is 1.69 bits per heavy atom. The van der Waals surface area contributed by atoms with Gasteiger partial charge in [-0.15, -0.1) is 0 Å². The van der Waals surface area contributed by atoms with E-state index < -0.39 is 20.0 Å². The highest BCUT2D eigenvalue weighted by Crippen LogP contribution is 2.36. The van der Waals surface area contributed by atoms with Gasteiger partial charge >= 0.3 is 0 Å². The van der Waals surface area contributed by atoms with E-state index in [0.29, 0.717) is 28.6 Å². The molecule has 2 aromatic carbocycles. The van der Waals surface area contributed by atoms with E-state index in [2.05, 4.69) is 5.32 Å². The standard InChI is InChI=1S/C20H25N3O7S2/c1-22(31(2,25)26)16-7-4-6-15(12-16)21-20(24)8-5-11-23(32(3,27)28)17-9-10-18-19(13-17)30-14-29-18/h4,6-7,9-10,12-13H,5,8,11,14H2,1-3H3,(H,21,24). The van der Waals surface area contributed by atoms with E-state index >= 15 is 0 Å². The molecule has 0 aliphatic carbocycles. The average Bonchev–Trinajstić information content (AvgIpc) is 3.17. The van der Waals surface area contributed by atoms with Crippen molar-refractivity contribution < 1.29 is 31.1 Å². The predicted molar refractivity (Wildman–Crippen MR) is 122 cm³/mol. The largest absolute Gasteiger partial charge is 0.454 e. The van der Waals surface area contributed by atoms with Crippen molar-refractivity contribution in [2.75, 3.05) is 46.8 Å². The maximum atomic E-state index is 12.4. The number of fused-ring (bicyclic) bond motifs is 1. The first-order valence-electron chi connectivity index (χ1n) is 9.66. The molecule has 0 radical (unpaired) electrons. The number of sulfonamides is 2. The molecular weight excluding hydrogens is 458 g/mol. The van der Waals surface area contributed by atoms with Gasteiger partial charge in [-0.2, -0.15) is 0 Å². The van der Waals surface area contributed by atoms with Crippen molar-refractivity contribution in [1.29, 1.82) is 0 Å². The first kappa shape index (κ1) is 23.7. The number of nitrogens with zero attached hydrogens (tertiary/aromatic N) is 2. The zero-order chi connectivity index (χ0) is 23.5. The van der Waals surface area contributed by atoms with Crippen molar-refractivity contribution in [3.05, 3.63) is 42.5 Å². The minimum Gasteiger partial charge on any atom is -0.454 e. The molecule has 2 aromatic rings. The van der Waals surface area contributed by atoms with Gasteiger partial charge < -0.3 is 14.8 Å². The Bertz CT molecular complexity index is 1210. The maximum absolute atomic E-state index is 12.4. The third kappa shape index (κ3) is 5.82. The van der Waals surface area contributed by atoms with Crippen molar-refractivity contribution in [2.24, 2.45) is 0 Å². The van der Waals surface area contributed by atoms with Crippen LogP contribution in [0.3, 0.4) is 0 Å². The molecule has 0 fully saturated rings. The van der Waals surface area contributed by atoms with E-state index in [1.807, 2.05) is 0 Å². The number of hydrogen-bond donors (Lipinski definition) is 1. The molecule has 1 aliphatic heterocycles. The molecule has 0 unspecified atom stereocenters. The number of nitrogens with one attached hydrogen (secondary N) is 1. The highest BCUT2D eigenvalue weighted by Gasteiger charge is 2.21. The average molecular weight is 484 g/mol. The summed E-state index contributed by atoms with van der Waals surface area (Å²) < 4.78 is 60.8. The smallest absolute Gasteiger partial charge is 0.232 e. The first-order valence-corrected chi connectivity index (χ1v) is 13.4. The SMILES string of the molecule is CN(c1cccc(NC(=O)CCCN(c2ccc3c(c2)OCO3)S(C)(=O)=O)c1)S(C)(=O)=O. The maximum Gasteiger partial charge on any atom is 0.232 e. The summed E-state index contributed by atoms with van der Waals surface area (Å²) in [6.07, 6.45) is 2.53. The van der Waals surface area contributed by atoms with E-state index in [4.69, 9.17) is 9.47 Å². The Hall–Kier alpha value is -2.99. The van der Waals surface area contributed by atoms with Gasteiger partial charge in [-0.25, -0.2) is 16.8 Å². The van der Waals surface area contributed by atoms with Gasteiger partial charge in [0.1, 0.15) is 0 Å². The fraction of sp³-hybridized carbons (Fsp3) is 0.350. The second kappa shape index (κ2) is 9.25. The Labute approximate surface area is 187 Å². The molecule has 0 bridgehead atoms. The van der Waals surface area contributed by atoms with Crippen LogP contribution in [0.5, 0.6) is 11.5 Å². The van der Waals surface area contributed by atoms with Crippen molar-refractivity contribution in [1.82, 2.24) is 0 Å². The quantitative estimate of drug-likeness (QED) is 0.579. The molecule has 0 aromatic heterocycles. The van der Waals surface area contributed by atoms with Crippen LogP contribution in [-0.2, 0) is 24.8 Å². The summed E-state index contributed by atoms with van der Waals surface area (Å²) in [5.74, 6) is 0.696. The number of benzene rings is 2. The van der Waals surface area contributed by atoms with Gasteiger partial charge in [0, 0.05) is 31.8 Å². The zero-order valence-corrected chi connectivity index (χ0v) is 19.6. The third-order valence-electron chi connectivity index (χ3n) is 4.80. The molecule has 1 heterocycles. The molecule has 0 atom stereocenters. The van der Waals surface area contributed by atoms with Crippen LogP contribution < -0.4 is 23.4 Å². The molecule has 1 aliphatic rings. The summed E-state index contributed by atoms with van der Waals surface area (Å²) in [5, 5.41) is 2.71. The lowest BCUT2D eigenvalue weighted by Crippen LogP contribution is -2.31. The van der Waals surface area contributed by atoms with Gasteiger partial charge in [0.2, 0.25) is 32.7 Å². The third-order valence-corrected chi connectivity index (χ3v) is 7.20. The first-order chi connectivity index (χ1) is 14.9. The van der Waals surface area contributed by atoms with E-state index in [9.17, 15) is 21.6 Å². The lowest BCUT2D eigenvalue weighted by atomic mass is 10.2. The van der Waals surface area contributed by atoms with Crippen molar-refractivity contribution in [3.63, 3.8) is 0 Å². The summed E-state index contributed by atoms with van der Waals surface area (Å²) in [6.45, 7) is 0.182. The molecule has 3 rings (SSSR count). The van der Waals surface area contributed by atoms with Crippen molar-refractivity contribution >= 4 is 43.0 Å². The van der Waals surface area contributed by atoms with Gasteiger partial charge in [0.05, 0.1) is 23.9 Å². The monoisotopic (exact) mass is 483 g/mol. The van der Waals surface area contributed by atoms with Gasteiger partial charge in [0.15, 0.2) is 11.5 Å². The molecule has 0 spiro atoms. The number of carbonyl (C=O) groups excluding carboxylic acids is 1. The number of amides is 1. The van der Waals surface area contributed by atoms with Crippen molar-refractivity contribution in [3.8, 4) is 11.5 Å². The zero-order valence-electron chi connectivity index (χ0n) is 17.9. The number of carbonyl (C=O) groups is 1. The fourth-order valence-corrected chi connectivity index (χ4v) is 4.56. The minimum atomic E-state index is -3.58. The minimum absolute atomic E-state index is 0.0721. The molecule has 0 saturated carbocycles. The van der Waals surface area contributed by atoms with Crippen molar-refractivity contribution in [2.45, 2.75) is 12.8 Å². The van der Waals surface area contributed by atoms with Gasteiger partial charge in [-0.1, -0.05) is 6.07 Å². The van der Waals surface area contributed by atoms with Crippen LogP contribution in [0.25, 0.3) is 0 Å². The van der Waals surface area contributed by atoms with Crippen LogP contribution in [0.15, 0.2) is 42.5 Å². The Morgan fingerprint density at radius 1 is 0.969 bits per heavy atom. The van der Waals surface area contributed by atoms with E-state index in [-0.39, 0.29) is 32.1 Å². The summed E-state index contributed by atoms with van der Waals surface area (Å²) in [6, 6.07) is 11.3.